The highest BCUT2D eigenvalue weighted by atomic mass is 16.4. The third kappa shape index (κ3) is 5.50. The molecule has 63 heavy (non-hydrogen) atoms. The van der Waals surface area contributed by atoms with E-state index in [0.717, 1.165) is 101 Å². The zero-order valence-electron chi connectivity index (χ0n) is 37.8. The van der Waals surface area contributed by atoms with Gasteiger partial charge in [0.2, 0.25) is 0 Å². The van der Waals surface area contributed by atoms with E-state index >= 15 is 0 Å². The average Bonchev–Trinajstić information content (AvgIpc) is 3.57. The van der Waals surface area contributed by atoms with Crippen LogP contribution in [0.3, 0.4) is 0 Å². The van der Waals surface area contributed by atoms with Gasteiger partial charge in [0, 0.05) is 75.9 Å². The molecule has 0 fully saturated rings. The van der Waals surface area contributed by atoms with E-state index < -0.39 is 0 Å². The molecule has 0 amide bonds. The fourth-order valence-electron chi connectivity index (χ4n) is 11.9. The number of rotatable bonds is 3. The second kappa shape index (κ2) is 12.8. The lowest BCUT2D eigenvalue weighted by Gasteiger charge is -2.48. The van der Waals surface area contributed by atoms with Gasteiger partial charge in [0.15, 0.2) is 0 Å². The lowest BCUT2D eigenvalue weighted by Crippen LogP contribution is -2.44. The van der Waals surface area contributed by atoms with Crippen molar-refractivity contribution in [1.82, 2.24) is 4.57 Å². The van der Waals surface area contributed by atoms with Crippen molar-refractivity contribution in [3.63, 3.8) is 0 Å². The molecular formula is C56H55N3O4. The first-order chi connectivity index (χ1) is 30.0. The molecular weight excluding hydrogens is 779 g/mol. The summed E-state index contributed by atoms with van der Waals surface area (Å²) in [6.07, 6.45) is 4.19. The topological polar surface area (TPSA) is 71.8 Å². The third-order valence-electron chi connectivity index (χ3n) is 15.9. The van der Waals surface area contributed by atoms with Gasteiger partial charge in [0.1, 0.15) is 11.2 Å². The lowest BCUT2D eigenvalue weighted by atomic mass is 9.69. The largest absolute Gasteiger partial charge is 0.422 e. The highest BCUT2D eigenvalue weighted by Gasteiger charge is 2.43. The van der Waals surface area contributed by atoms with Crippen LogP contribution in [-0.2, 0) is 21.7 Å². The van der Waals surface area contributed by atoms with Crippen LogP contribution in [0.2, 0.25) is 0 Å². The summed E-state index contributed by atoms with van der Waals surface area (Å²) in [7, 11) is 0. The fourth-order valence-corrected chi connectivity index (χ4v) is 11.9. The number of hydrogen-bond donors (Lipinski definition) is 0. The summed E-state index contributed by atoms with van der Waals surface area (Å²) in [5, 5.41) is 4.06. The molecule has 0 atom stereocenters. The Balaban J connectivity index is 1.05. The molecule has 318 valence electrons. The van der Waals surface area contributed by atoms with Gasteiger partial charge in [-0.2, -0.15) is 0 Å². The van der Waals surface area contributed by atoms with Gasteiger partial charge in [-0.1, -0.05) is 97.9 Å². The van der Waals surface area contributed by atoms with Crippen LogP contribution in [0.15, 0.2) is 109 Å². The first-order valence-electron chi connectivity index (χ1n) is 23.0. The van der Waals surface area contributed by atoms with Crippen molar-refractivity contribution >= 4 is 55.1 Å². The van der Waals surface area contributed by atoms with E-state index in [1.807, 2.05) is 18.2 Å². The molecule has 0 aliphatic carbocycles. The lowest BCUT2D eigenvalue weighted by molar-refractivity contribution is 0.398. The molecule has 8 aromatic rings. The summed E-state index contributed by atoms with van der Waals surface area (Å²) in [6.45, 7) is 22.6. The van der Waals surface area contributed by atoms with E-state index in [4.69, 9.17) is 8.83 Å². The van der Waals surface area contributed by atoms with Crippen molar-refractivity contribution < 1.29 is 8.83 Å². The highest BCUT2D eigenvalue weighted by Crippen LogP contribution is 2.54. The number of hydrogen-bond acceptors (Lipinski definition) is 6. The molecule has 7 heterocycles. The Morgan fingerprint density at radius 3 is 1.32 bits per heavy atom. The number of benzene rings is 5. The second-order valence-corrected chi connectivity index (χ2v) is 21.7. The van der Waals surface area contributed by atoms with Crippen molar-refractivity contribution in [1.29, 1.82) is 0 Å². The summed E-state index contributed by atoms with van der Waals surface area (Å²) in [4.78, 5) is 33.6. The predicted molar refractivity (Wildman–Crippen MR) is 259 cm³/mol. The van der Waals surface area contributed by atoms with Crippen LogP contribution >= 0.6 is 0 Å². The van der Waals surface area contributed by atoms with Crippen molar-refractivity contribution in [2.45, 2.75) is 103 Å². The maximum Gasteiger partial charge on any atom is 0.344 e. The molecule has 0 saturated carbocycles. The quantitative estimate of drug-likeness (QED) is 0.165. The second-order valence-electron chi connectivity index (χ2n) is 21.7. The Morgan fingerprint density at radius 2 is 0.889 bits per heavy atom. The van der Waals surface area contributed by atoms with E-state index in [0.29, 0.717) is 22.3 Å². The molecule has 5 aromatic carbocycles. The number of anilines is 2. The van der Waals surface area contributed by atoms with Gasteiger partial charge >= 0.3 is 11.3 Å². The Kier molecular flexibility index (Phi) is 7.82. The molecule has 0 N–H and O–H groups in total. The summed E-state index contributed by atoms with van der Waals surface area (Å²) < 4.78 is 15.2. The van der Waals surface area contributed by atoms with Crippen LogP contribution in [0.4, 0.5) is 11.4 Å². The van der Waals surface area contributed by atoms with Crippen LogP contribution in [0.5, 0.6) is 0 Å². The number of aromatic nitrogens is 1. The van der Waals surface area contributed by atoms with E-state index in [1.54, 1.807) is 0 Å². The van der Waals surface area contributed by atoms with Crippen LogP contribution < -0.4 is 21.1 Å². The van der Waals surface area contributed by atoms with Gasteiger partial charge in [-0.15, -0.1) is 0 Å². The van der Waals surface area contributed by atoms with Crippen LogP contribution in [0.25, 0.3) is 71.7 Å². The van der Waals surface area contributed by atoms with Crippen LogP contribution in [0.1, 0.15) is 103 Å². The standard InChI is InChI=1S/C56H55N3O4/c1-53(2)18-22-57-24-20-55(5,6)45-47(57)41(53)28-34-26-39(51(60)62-49(34)45)32-14-16-37-38-17-15-33(31-44(38)59(43(37)30-32)36-12-10-9-11-13-36)40-27-35-29-42-48-46(50(35)63-52(40)61)56(7,8)21-25-58(48)23-19-54(42,3)4/h9-17,26-31H,18-25H2,1-8H3. The Hall–Kier alpha value is -6.08. The molecule has 0 saturated heterocycles. The monoisotopic (exact) mass is 833 g/mol. The smallest absolute Gasteiger partial charge is 0.344 e. The Bertz CT molecular complexity index is 3210. The van der Waals surface area contributed by atoms with E-state index in [2.05, 4.69) is 143 Å². The molecule has 4 aliphatic rings. The van der Waals surface area contributed by atoms with Crippen LogP contribution in [-0.4, -0.2) is 30.7 Å². The van der Waals surface area contributed by atoms with Crippen molar-refractivity contribution in [3.8, 4) is 27.9 Å². The number of fused-ring (bicyclic) bond motifs is 7. The number of nitrogens with zero attached hydrogens (tertiary/aromatic N) is 3. The molecule has 7 nitrogen and oxygen atoms in total. The SMILES string of the molecule is CC1(C)CCN2CCC(C)(C)c3c2c1cc1cc(-c2ccc4c5ccc(-c6cc7cc8c9c(c7oc6=O)C(C)(C)CCN9CCC8(C)C)cc5n(-c5ccccc5)c4c2)c(=O)oc31. The van der Waals surface area contributed by atoms with E-state index in [9.17, 15) is 9.59 Å². The zero-order valence-corrected chi connectivity index (χ0v) is 37.8. The maximum atomic E-state index is 14.3. The Morgan fingerprint density at radius 1 is 0.476 bits per heavy atom. The maximum absolute atomic E-state index is 14.3. The van der Waals surface area contributed by atoms with Crippen molar-refractivity contribution in [2.24, 2.45) is 0 Å². The third-order valence-corrected chi connectivity index (χ3v) is 15.9. The molecule has 12 rings (SSSR count). The number of para-hydroxylation sites is 1. The van der Waals surface area contributed by atoms with Crippen molar-refractivity contribution in [2.75, 3.05) is 36.0 Å². The first-order valence-corrected chi connectivity index (χ1v) is 23.0. The molecule has 0 radical (unpaired) electrons. The average molecular weight is 834 g/mol. The molecule has 7 heteroatoms. The van der Waals surface area contributed by atoms with E-state index in [-0.39, 0.29) is 32.9 Å². The van der Waals surface area contributed by atoms with Gasteiger partial charge in [-0.05, 0) is 118 Å². The van der Waals surface area contributed by atoms with E-state index in [1.165, 1.54) is 33.6 Å². The normalized spacial score (nSPS) is 19.2. The first kappa shape index (κ1) is 38.6. The summed E-state index contributed by atoms with van der Waals surface area (Å²) in [5.74, 6) is 0. The van der Waals surface area contributed by atoms with Gasteiger partial charge < -0.3 is 23.2 Å². The van der Waals surface area contributed by atoms with Gasteiger partial charge in [0.05, 0.1) is 22.2 Å². The minimum Gasteiger partial charge on any atom is -0.422 e. The molecule has 0 bridgehead atoms. The molecule has 3 aromatic heterocycles. The minimum atomic E-state index is -0.330. The summed E-state index contributed by atoms with van der Waals surface area (Å²) in [5.41, 5.74) is 13.7. The van der Waals surface area contributed by atoms with Gasteiger partial charge in [-0.25, -0.2) is 9.59 Å². The van der Waals surface area contributed by atoms with Gasteiger partial charge in [-0.3, -0.25) is 0 Å². The summed E-state index contributed by atoms with van der Waals surface area (Å²) >= 11 is 0. The summed E-state index contributed by atoms with van der Waals surface area (Å²) in [6, 6.07) is 31.7. The minimum absolute atomic E-state index is 0.00578. The van der Waals surface area contributed by atoms with Gasteiger partial charge in [0.25, 0.3) is 0 Å². The zero-order chi connectivity index (χ0) is 43.5. The van der Waals surface area contributed by atoms with Crippen molar-refractivity contribution in [3.05, 3.63) is 134 Å². The predicted octanol–water partition coefficient (Wildman–Crippen LogP) is 12.7. The Labute approximate surface area is 367 Å². The molecule has 0 unspecified atom stereocenters. The fraction of sp³-hybridized carbons (Fsp3) is 0.357. The van der Waals surface area contributed by atoms with Crippen LogP contribution in [0, 0.1) is 0 Å². The molecule has 4 aliphatic heterocycles. The highest BCUT2D eigenvalue weighted by molar-refractivity contribution is 6.11. The molecule has 0 spiro atoms.